The summed E-state index contributed by atoms with van der Waals surface area (Å²) in [5.74, 6) is 1.27. The lowest BCUT2D eigenvalue weighted by atomic mass is 9.96. The van der Waals surface area contributed by atoms with Gasteiger partial charge in [0.15, 0.2) is 0 Å². The van der Waals surface area contributed by atoms with E-state index >= 15 is 0 Å². The minimum absolute atomic E-state index is 0.143. The Labute approximate surface area is 116 Å². The van der Waals surface area contributed by atoms with Gasteiger partial charge in [0.05, 0.1) is 13.2 Å². The molecule has 0 radical (unpaired) electrons. The third kappa shape index (κ3) is 3.87. The smallest absolute Gasteiger partial charge is 0.120 e. The van der Waals surface area contributed by atoms with Crippen molar-refractivity contribution >= 4 is 5.69 Å². The first-order valence-electron chi connectivity index (χ1n) is 7.24. The molecule has 2 rings (SSSR count). The number of anilines is 1. The van der Waals surface area contributed by atoms with Crippen LogP contribution in [0.15, 0.2) is 24.3 Å². The van der Waals surface area contributed by atoms with Crippen molar-refractivity contribution in [3.63, 3.8) is 0 Å². The summed E-state index contributed by atoms with van der Waals surface area (Å²) in [4.78, 5) is 2.22. The van der Waals surface area contributed by atoms with Gasteiger partial charge >= 0.3 is 0 Å². The van der Waals surface area contributed by atoms with Gasteiger partial charge in [0, 0.05) is 31.3 Å². The Hall–Kier alpha value is -1.22. The fourth-order valence-electron chi connectivity index (χ4n) is 2.88. The normalized spacial score (nSPS) is 23.7. The Morgan fingerprint density at radius 3 is 2.84 bits per heavy atom. The monoisotopic (exact) mass is 263 g/mol. The molecule has 0 saturated heterocycles. The average Bonchev–Trinajstić information content (AvgIpc) is 2.64. The molecule has 0 aliphatic heterocycles. The molecule has 3 nitrogen and oxygen atoms in total. The molecule has 1 N–H and O–H groups in total. The second kappa shape index (κ2) is 6.80. The third-order valence-corrected chi connectivity index (χ3v) is 4.12. The number of ether oxygens (including phenoxy) is 1. The Kier molecular flexibility index (Phi) is 5.08. The molecule has 0 aromatic heterocycles. The molecule has 19 heavy (non-hydrogen) atoms. The quantitative estimate of drug-likeness (QED) is 0.847. The number of hydrogen-bond acceptors (Lipinski definition) is 3. The number of benzene rings is 1. The van der Waals surface area contributed by atoms with Crippen molar-refractivity contribution < 1.29 is 9.84 Å². The minimum atomic E-state index is -0.143. The van der Waals surface area contributed by atoms with Crippen molar-refractivity contribution in [1.82, 2.24) is 0 Å². The predicted octanol–water partition coefficient (Wildman–Crippen LogP) is 3.07. The van der Waals surface area contributed by atoms with Gasteiger partial charge in [0.2, 0.25) is 0 Å². The maximum absolute atomic E-state index is 10.2. The van der Waals surface area contributed by atoms with Gasteiger partial charge in [-0.2, -0.15) is 0 Å². The van der Waals surface area contributed by atoms with Crippen LogP contribution in [-0.2, 0) is 0 Å². The van der Waals surface area contributed by atoms with E-state index in [2.05, 4.69) is 18.0 Å². The number of rotatable bonds is 4. The van der Waals surface area contributed by atoms with E-state index in [0.29, 0.717) is 5.92 Å². The first-order valence-corrected chi connectivity index (χ1v) is 7.24. The molecule has 1 saturated carbocycles. The highest BCUT2D eigenvalue weighted by atomic mass is 16.5. The molecule has 1 aliphatic carbocycles. The molecule has 1 aromatic carbocycles. The SMILES string of the molecule is COc1cccc(N(C)CC2CCCCCC2O)c1. The Morgan fingerprint density at radius 1 is 1.26 bits per heavy atom. The molecule has 2 atom stereocenters. The molecular formula is C16H25NO2. The molecule has 0 amide bonds. The maximum atomic E-state index is 10.2. The largest absolute Gasteiger partial charge is 0.497 e. The van der Waals surface area contributed by atoms with Crippen LogP contribution in [0, 0.1) is 5.92 Å². The van der Waals surface area contributed by atoms with E-state index in [4.69, 9.17) is 4.74 Å². The fraction of sp³-hybridized carbons (Fsp3) is 0.625. The maximum Gasteiger partial charge on any atom is 0.120 e. The molecule has 106 valence electrons. The highest BCUT2D eigenvalue weighted by Gasteiger charge is 2.23. The standard InChI is InChI=1S/C16H25NO2/c1-17(14-8-6-9-15(11-14)19-2)12-13-7-4-3-5-10-16(13)18/h6,8-9,11,13,16,18H,3-5,7,10,12H2,1-2H3. The summed E-state index contributed by atoms with van der Waals surface area (Å²) in [6, 6.07) is 8.10. The molecule has 1 aromatic rings. The Balaban J connectivity index is 2.00. The summed E-state index contributed by atoms with van der Waals surface area (Å²) in [5, 5.41) is 10.2. The van der Waals surface area contributed by atoms with E-state index in [1.807, 2.05) is 18.2 Å². The van der Waals surface area contributed by atoms with E-state index in [1.165, 1.54) is 19.3 Å². The first kappa shape index (κ1) is 14.2. The lowest BCUT2D eigenvalue weighted by Gasteiger charge is -2.28. The molecule has 2 unspecified atom stereocenters. The summed E-state index contributed by atoms with van der Waals surface area (Å²) >= 11 is 0. The van der Waals surface area contributed by atoms with Crippen LogP contribution in [0.1, 0.15) is 32.1 Å². The van der Waals surface area contributed by atoms with Gasteiger partial charge in [-0.1, -0.05) is 25.3 Å². The summed E-state index contributed by atoms with van der Waals surface area (Å²) in [7, 11) is 3.78. The van der Waals surface area contributed by atoms with Crippen LogP contribution in [-0.4, -0.2) is 31.9 Å². The summed E-state index contributed by atoms with van der Waals surface area (Å²) in [6.07, 6.45) is 5.62. The lowest BCUT2D eigenvalue weighted by Crippen LogP contribution is -2.32. The third-order valence-electron chi connectivity index (χ3n) is 4.12. The second-order valence-corrected chi connectivity index (χ2v) is 5.55. The Morgan fingerprint density at radius 2 is 2.05 bits per heavy atom. The summed E-state index contributed by atoms with van der Waals surface area (Å²) < 4.78 is 5.26. The number of aliphatic hydroxyl groups excluding tert-OH is 1. The van der Waals surface area contributed by atoms with E-state index in [1.54, 1.807) is 7.11 Å². The van der Waals surface area contributed by atoms with E-state index < -0.39 is 0 Å². The number of methoxy groups -OCH3 is 1. The Bertz CT molecular complexity index is 394. The zero-order chi connectivity index (χ0) is 13.7. The zero-order valence-corrected chi connectivity index (χ0v) is 12.0. The molecule has 0 heterocycles. The van der Waals surface area contributed by atoms with Gasteiger partial charge in [-0.05, 0) is 25.0 Å². The van der Waals surface area contributed by atoms with Gasteiger partial charge in [0.25, 0.3) is 0 Å². The van der Waals surface area contributed by atoms with Crippen molar-refractivity contribution in [2.75, 3.05) is 25.6 Å². The molecule has 1 fully saturated rings. The highest BCUT2D eigenvalue weighted by molar-refractivity contribution is 5.50. The van der Waals surface area contributed by atoms with Crippen LogP contribution in [0.5, 0.6) is 5.75 Å². The zero-order valence-electron chi connectivity index (χ0n) is 12.0. The molecular weight excluding hydrogens is 238 g/mol. The number of aliphatic hydroxyl groups is 1. The van der Waals surface area contributed by atoms with Crippen LogP contribution >= 0.6 is 0 Å². The minimum Gasteiger partial charge on any atom is -0.497 e. The summed E-state index contributed by atoms with van der Waals surface area (Å²) in [6.45, 7) is 0.911. The molecule has 3 heteroatoms. The van der Waals surface area contributed by atoms with E-state index in [0.717, 1.165) is 30.8 Å². The van der Waals surface area contributed by atoms with Crippen LogP contribution in [0.2, 0.25) is 0 Å². The van der Waals surface area contributed by atoms with Gasteiger partial charge in [-0.25, -0.2) is 0 Å². The molecule has 0 bridgehead atoms. The van der Waals surface area contributed by atoms with Crippen molar-refractivity contribution in [1.29, 1.82) is 0 Å². The average molecular weight is 263 g/mol. The van der Waals surface area contributed by atoms with E-state index in [-0.39, 0.29) is 6.10 Å². The van der Waals surface area contributed by atoms with Crippen LogP contribution in [0.25, 0.3) is 0 Å². The lowest BCUT2D eigenvalue weighted by molar-refractivity contribution is 0.104. The van der Waals surface area contributed by atoms with Crippen molar-refractivity contribution in [2.24, 2.45) is 5.92 Å². The number of hydrogen-bond donors (Lipinski definition) is 1. The van der Waals surface area contributed by atoms with Gasteiger partial charge in [-0.3, -0.25) is 0 Å². The van der Waals surface area contributed by atoms with Crippen molar-refractivity contribution in [2.45, 2.75) is 38.2 Å². The van der Waals surface area contributed by atoms with Gasteiger partial charge < -0.3 is 14.7 Å². The number of nitrogens with zero attached hydrogens (tertiary/aromatic N) is 1. The van der Waals surface area contributed by atoms with Gasteiger partial charge in [-0.15, -0.1) is 0 Å². The van der Waals surface area contributed by atoms with Gasteiger partial charge in [0.1, 0.15) is 5.75 Å². The second-order valence-electron chi connectivity index (χ2n) is 5.55. The first-order chi connectivity index (χ1) is 9.20. The molecule has 0 spiro atoms. The summed E-state index contributed by atoms with van der Waals surface area (Å²) in [5.41, 5.74) is 1.15. The topological polar surface area (TPSA) is 32.7 Å². The predicted molar refractivity (Wildman–Crippen MR) is 78.8 cm³/mol. The van der Waals surface area contributed by atoms with Crippen LogP contribution in [0.3, 0.4) is 0 Å². The highest BCUT2D eigenvalue weighted by Crippen LogP contribution is 2.26. The van der Waals surface area contributed by atoms with E-state index in [9.17, 15) is 5.11 Å². The van der Waals surface area contributed by atoms with Crippen molar-refractivity contribution in [3.8, 4) is 5.75 Å². The fourth-order valence-corrected chi connectivity index (χ4v) is 2.88. The molecule has 1 aliphatic rings. The van der Waals surface area contributed by atoms with Crippen molar-refractivity contribution in [3.05, 3.63) is 24.3 Å². The van der Waals surface area contributed by atoms with Crippen LogP contribution in [0.4, 0.5) is 5.69 Å². The van der Waals surface area contributed by atoms with Crippen LogP contribution < -0.4 is 9.64 Å².